The SMILES string of the molecule is CCc1nc(=S)c2cc(F)cc(C)c2[nH]1. The molecule has 0 saturated carbocycles. The van der Waals surface area contributed by atoms with Gasteiger partial charge in [-0.1, -0.05) is 19.1 Å². The Kier molecular flexibility index (Phi) is 2.52. The fraction of sp³-hybridized carbons (Fsp3) is 0.273. The van der Waals surface area contributed by atoms with E-state index in [0.29, 0.717) is 10.0 Å². The summed E-state index contributed by atoms with van der Waals surface area (Å²) in [5.74, 6) is 0.563. The molecule has 0 atom stereocenters. The van der Waals surface area contributed by atoms with Crippen LogP contribution in [0.2, 0.25) is 0 Å². The second kappa shape index (κ2) is 3.70. The van der Waals surface area contributed by atoms with E-state index in [1.54, 1.807) is 0 Å². The van der Waals surface area contributed by atoms with E-state index in [0.717, 1.165) is 23.3 Å². The number of H-pyrrole nitrogens is 1. The van der Waals surface area contributed by atoms with Crippen molar-refractivity contribution in [3.05, 3.63) is 34.0 Å². The number of halogens is 1. The van der Waals surface area contributed by atoms with Gasteiger partial charge in [0.1, 0.15) is 16.3 Å². The standard InChI is InChI=1S/C11H11FN2S/c1-3-9-13-10-6(2)4-7(12)5-8(10)11(15)14-9/h4-5H,3H2,1-2H3,(H,13,14,15). The number of nitrogens with one attached hydrogen (secondary N) is 1. The molecule has 1 aromatic carbocycles. The van der Waals surface area contributed by atoms with Crippen LogP contribution in [-0.4, -0.2) is 9.97 Å². The van der Waals surface area contributed by atoms with Crippen LogP contribution in [0.25, 0.3) is 10.9 Å². The number of hydrogen-bond acceptors (Lipinski definition) is 2. The fourth-order valence-electron chi connectivity index (χ4n) is 1.60. The first-order valence-corrected chi connectivity index (χ1v) is 5.21. The van der Waals surface area contributed by atoms with Crippen LogP contribution in [0.15, 0.2) is 12.1 Å². The summed E-state index contributed by atoms with van der Waals surface area (Å²) >= 11 is 5.13. The predicted octanol–water partition coefficient (Wildman–Crippen LogP) is 3.30. The van der Waals surface area contributed by atoms with Crippen molar-refractivity contribution in [1.29, 1.82) is 0 Å². The van der Waals surface area contributed by atoms with Crippen molar-refractivity contribution in [1.82, 2.24) is 9.97 Å². The van der Waals surface area contributed by atoms with Gasteiger partial charge >= 0.3 is 0 Å². The molecule has 0 amide bonds. The lowest BCUT2D eigenvalue weighted by Crippen LogP contribution is -1.96. The molecule has 1 heterocycles. The Bertz CT molecular complexity index is 575. The molecule has 1 aromatic heterocycles. The average molecular weight is 222 g/mol. The molecule has 0 unspecified atom stereocenters. The highest BCUT2D eigenvalue weighted by Gasteiger charge is 2.04. The summed E-state index contributed by atoms with van der Waals surface area (Å²) in [6.07, 6.45) is 0.788. The maximum Gasteiger partial charge on any atom is 0.137 e. The number of benzene rings is 1. The van der Waals surface area contributed by atoms with Gasteiger partial charge in [0.25, 0.3) is 0 Å². The Hall–Kier alpha value is -1.29. The van der Waals surface area contributed by atoms with E-state index in [1.165, 1.54) is 12.1 Å². The highest BCUT2D eigenvalue weighted by atomic mass is 32.1. The van der Waals surface area contributed by atoms with Crippen LogP contribution >= 0.6 is 12.2 Å². The zero-order valence-corrected chi connectivity index (χ0v) is 9.41. The second-order valence-electron chi connectivity index (χ2n) is 3.49. The Labute approximate surface area is 92.2 Å². The highest BCUT2D eigenvalue weighted by Crippen LogP contribution is 2.18. The third kappa shape index (κ3) is 1.77. The maximum atomic E-state index is 13.2. The Morgan fingerprint density at radius 1 is 1.47 bits per heavy atom. The van der Waals surface area contributed by atoms with Crippen molar-refractivity contribution in [2.75, 3.05) is 0 Å². The number of rotatable bonds is 1. The van der Waals surface area contributed by atoms with Crippen LogP contribution in [-0.2, 0) is 6.42 Å². The van der Waals surface area contributed by atoms with E-state index < -0.39 is 0 Å². The molecule has 2 rings (SSSR count). The molecule has 15 heavy (non-hydrogen) atoms. The molecular formula is C11H11FN2S. The van der Waals surface area contributed by atoms with Crippen LogP contribution in [0.1, 0.15) is 18.3 Å². The molecule has 78 valence electrons. The lowest BCUT2D eigenvalue weighted by Gasteiger charge is -2.05. The van der Waals surface area contributed by atoms with Crippen molar-refractivity contribution >= 4 is 23.1 Å². The molecule has 0 aliphatic carbocycles. The van der Waals surface area contributed by atoms with Gasteiger partial charge in [-0.3, -0.25) is 0 Å². The lowest BCUT2D eigenvalue weighted by atomic mass is 10.1. The highest BCUT2D eigenvalue weighted by molar-refractivity contribution is 7.71. The molecule has 4 heteroatoms. The number of aromatic nitrogens is 2. The minimum absolute atomic E-state index is 0.273. The van der Waals surface area contributed by atoms with Gasteiger partial charge in [-0.15, -0.1) is 0 Å². The number of aromatic amines is 1. The van der Waals surface area contributed by atoms with Crippen molar-refractivity contribution < 1.29 is 4.39 Å². The van der Waals surface area contributed by atoms with Gasteiger partial charge in [0.05, 0.1) is 5.52 Å². The Morgan fingerprint density at radius 3 is 2.87 bits per heavy atom. The summed E-state index contributed by atoms with van der Waals surface area (Å²) in [4.78, 5) is 7.36. The minimum Gasteiger partial charge on any atom is -0.343 e. The molecule has 0 fully saturated rings. The zero-order valence-electron chi connectivity index (χ0n) is 8.60. The fourth-order valence-corrected chi connectivity index (χ4v) is 1.87. The smallest absolute Gasteiger partial charge is 0.137 e. The van der Waals surface area contributed by atoms with E-state index in [2.05, 4.69) is 9.97 Å². The zero-order chi connectivity index (χ0) is 11.0. The minimum atomic E-state index is -0.273. The summed E-state index contributed by atoms with van der Waals surface area (Å²) in [5, 5.41) is 0.680. The van der Waals surface area contributed by atoms with E-state index in [-0.39, 0.29) is 5.82 Å². The van der Waals surface area contributed by atoms with Gasteiger partial charge in [0.15, 0.2) is 0 Å². The monoisotopic (exact) mass is 222 g/mol. The van der Waals surface area contributed by atoms with Crippen molar-refractivity contribution in [3.8, 4) is 0 Å². The van der Waals surface area contributed by atoms with E-state index in [4.69, 9.17) is 12.2 Å². The van der Waals surface area contributed by atoms with Gasteiger partial charge in [0, 0.05) is 11.8 Å². The predicted molar refractivity (Wildman–Crippen MR) is 61.0 cm³/mol. The third-order valence-corrected chi connectivity index (χ3v) is 2.68. The molecule has 0 aliphatic heterocycles. The van der Waals surface area contributed by atoms with E-state index in [1.807, 2.05) is 13.8 Å². The molecule has 0 spiro atoms. The molecule has 2 nitrogen and oxygen atoms in total. The molecule has 2 aromatic rings. The maximum absolute atomic E-state index is 13.2. The molecule has 0 bridgehead atoms. The molecule has 1 N–H and O–H groups in total. The van der Waals surface area contributed by atoms with Gasteiger partial charge in [-0.25, -0.2) is 9.37 Å². The third-order valence-electron chi connectivity index (χ3n) is 2.37. The molecular weight excluding hydrogens is 211 g/mol. The molecule has 0 saturated heterocycles. The van der Waals surface area contributed by atoms with Crippen LogP contribution in [0.5, 0.6) is 0 Å². The largest absolute Gasteiger partial charge is 0.343 e. The molecule has 0 aliphatic rings. The first kappa shape index (κ1) is 10.2. The van der Waals surface area contributed by atoms with Crippen LogP contribution in [0, 0.1) is 17.4 Å². The topological polar surface area (TPSA) is 28.7 Å². The summed E-state index contributed by atoms with van der Waals surface area (Å²) < 4.78 is 13.6. The summed E-state index contributed by atoms with van der Waals surface area (Å²) in [6, 6.07) is 2.92. The van der Waals surface area contributed by atoms with Crippen LogP contribution in [0.3, 0.4) is 0 Å². The van der Waals surface area contributed by atoms with E-state index in [9.17, 15) is 4.39 Å². The van der Waals surface area contributed by atoms with Gasteiger partial charge < -0.3 is 4.98 Å². The van der Waals surface area contributed by atoms with Gasteiger partial charge in [0.2, 0.25) is 0 Å². The van der Waals surface area contributed by atoms with Crippen LogP contribution < -0.4 is 0 Å². The normalized spacial score (nSPS) is 10.9. The Morgan fingerprint density at radius 2 is 2.20 bits per heavy atom. The molecule has 0 radical (unpaired) electrons. The van der Waals surface area contributed by atoms with Gasteiger partial charge in [-0.05, 0) is 24.6 Å². The first-order valence-electron chi connectivity index (χ1n) is 4.81. The summed E-state index contributed by atoms with van der Waals surface area (Å²) in [7, 11) is 0. The summed E-state index contributed by atoms with van der Waals surface area (Å²) in [5.41, 5.74) is 1.74. The second-order valence-corrected chi connectivity index (χ2v) is 3.87. The van der Waals surface area contributed by atoms with Crippen molar-refractivity contribution in [2.24, 2.45) is 0 Å². The van der Waals surface area contributed by atoms with Crippen molar-refractivity contribution in [3.63, 3.8) is 0 Å². The number of fused-ring (bicyclic) bond motifs is 1. The number of hydrogen-bond donors (Lipinski definition) is 1. The quantitative estimate of drug-likeness (QED) is 0.750. The summed E-state index contributed by atoms with van der Waals surface area (Å²) in [6.45, 7) is 3.86. The van der Waals surface area contributed by atoms with Crippen LogP contribution in [0.4, 0.5) is 4.39 Å². The first-order chi connectivity index (χ1) is 7.11. The number of nitrogens with zero attached hydrogens (tertiary/aromatic N) is 1. The van der Waals surface area contributed by atoms with E-state index >= 15 is 0 Å². The average Bonchev–Trinajstić information content (AvgIpc) is 2.19. The Balaban J connectivity index is 2.91. The van der Waals surface area contributed by atoms with Crippen molar-refractivity contribution in [2.45, 2.75) is 20.3 Å². The lowest BCUT2D eigenvalue weighted by molar-refractivity contribution is 0.628. The number of aryl methyl sites for hydroxylation is 2. The van der Waals surface area contributed by atoms with Gasteiger partial charge in [-0.2, -0.15) is 0 Å².